The first-order valence-corrected chi connectivity index (χ1v) is 7.14. The molecule has 1 aliphatic heterocycles. The summed E-state index contributed by atoms with van der Waals surface area (Å²) in [6.07, 6.45) is 0. The largest absolute Gasteiger partial charge is 0.324 e. The van der Waals surface area contributed by atoms with Crippen LogP contribution in [-0.4, -0.2) is 18.2 Å². The van der Waals surface area contributed by atoms with Crippen molar-refractivity contribution < 1.29 is 4.79 Å². The molecule has 0 aliphatic carbocycles. The van der Waals surface area contributed by atoms with Crippen molar-refractivity contribution in [1.82, 2.24) is 0 Å². The molecule has 20 heavy (non-hydrogen) atoms. The van der Waals surface area contributed by atoms with E-state index in [1.807, 2.05) is 37.3 Å². The molecule has 0 saturated carbocycles. The third-order valence-corrected chi connectivity index (χ3v) is 3.71. The number of benzodiazepines with no additional fused rings is 1. The number of anilines is 1. The zero-order valence-electron chi connectivity index (χ0n) is 11.0. The number of nitrogens with one attached hydrogen (secondary N) is 1. The van der Waals surface area contributed by atoms with Crippen LogP contribution in [0.4, 0.5) is 5.69 Å². The van der Waals surface area contributed by atoms with Crippen LogP contribution in [0.3, 0.4) is 0 Å². The number of amides is 1. The first-order chi connectivity index (χ1) is 9.63. The molecule has 100 valence electrons. The summed E-state index contributed by atoms with van der Waals surface area (Å²) in [5, 5.41) is 2.89. The normalized spacial score (nSPS) is 14.1. The Morgan fingerprint density at radius 3 is 2.65 bits per heavy atom. The van der Waals surface area contributed by atoms with Crippen LogP contribution in [0, 0.1) is 6.92 Å². The van der Waals surface area contributed by atoms with E-state index in [1.165, 1.54) is 5.56 Å². The van der Waals surface area contributed by atoms with Crippen LogP contribution in [0.1, 0.15) is 16.7 Å². The molecular formula is C16H13BrN2O. The second-order valence-electron chi connectivity index (χ2n) is 4.77. The summed E-state index contributed by atoms with van der Waals surface area (Å²) in [5.41, 5.74) is 4.81. The van der Waals surface area contributed by atoms with Gasteiger partial charge in [0.2, 0.25) is 5.91 Å². The van der Waals surface area contributed by atoms with Crippen LogP contribution in [0.25, 0.3) is 0 Å². The minimum Gasteiger partial charge on any atom is -0.324 e. The molecule has 0 spiro atoms. The number of rotatable bonds is 1. The predicted octanol–water partition coefficient (Wildman–Crippen LogP) is 3.55. The fourth-order valence-electron chi connectivity index (χ4n) is 2.21. The Hall–Kier alpha value is -1.94. The second kappa shape index (κ2) is 5.21. The van der Waals surface area contributed by atoms with Gasteiger partial charge in [-0.3, -0.25) is 9.79 Å². The van der Waals surface area contributed by atoms with E-state index in [0.29, 0.717) is 0 Å². The van der Waals surface area contributed by atoms with Crippen molar-refractivity contribution in [1.29, 1.82) is 0 Å². The summed E-state index contributed by atoms with van der Waals surface area (Å²) < 4.78 is 0.965. The molecule has 1 aliphatic rings. The third kappa shape index (κ3) is 2.51. The number of carbonyl (C=O) groups excluding carboxylic acids is 1. The first-order valence-electron chi connectivity index (χ1n) is 6.35. The van der Waals surface area contributed by atoms with E-state index in [1.54, 1.807) is 0 Å². The summed E-state index contributed by atoms with van der Waals surface area (Å²) in [4.78, 5) is 16.2. The summed E-state index contributed by atoms with van der Waals surface area (Å²) >= 11 is 3.47. The van der Waals surface area contributed by atoms with E-state index in [0.717, 1.165) is 27.0 Å². The lowest BCUT2D eigenvalue weighted by atomic mass is 10.00. The lowest BCUT2D eigenvalue weighted by Gasteiger charge is -2.10. The van der Waals surface area contributed by atoms with Crippen LogP contribution >= 0.6 is 15.9 Å². The highest BCUT2D eigenvalue weighted by atomic mass is 79.9. The quantitative estimate of drug-likeness (QED) is 0.854. The van der Waals surface area contributed by atoms with Crippen molar-refractivity contribution in [2.45, 2.75) is 6.92 Å². The van der Waals surface area contributed by atoms with Gasteiger partial charge in [0.15, 0.2) is 0 Å². The molecule has 0 saturated heterocycles. The third-order valence-electron chi connectivity index (χ3n) is 3.22. The molecule has 3 rings (SSSR count). The molecule has 0 fully saturated rings. The molecule has 4 heteroatoms. The van der Waals surface area contributed by atoms with Crippen molar-refractivity contribution in [2.75, 3.05) is 11.9 Å². The number of fused-ring (bicyclic) bond motifs is 1. The fraction of sp³-hybridized carbons (Fsp3) is 0.125. The Kier molecular flexibility index (Phi) is 3.40. The molecule has 2 aromatic rings. The van der Waals surface area contributed by atoms with Gasteiger partial charge < -0.3 is 5.32 Å². The molecule has 2 aromatic carbocycles. The Morgan fingerprint density at radius 1 is 1.15 bits per heavy atom. The number of nitrogens with zero attached hydrogens (tertiary/aromatic N) is 1. The molecular weight excluding hydrogens is 316 g/mol. The minimum absolute atomic E-state index is 0.0873. The zero-order chi connectivity index (χ0) is 14.1. The van der Waals surface area contributed by atoms with E-state index in [4.69, 9.17) is 0 Å². The number of hydrogen-bond donors (Lipinski definition) is 1. The summed E-state index contributed by atoms with van der Waals surface area (Å²) in [6.45, 7) is 2.20. The minimum atomic E-state index is -0.0873. The molecule has 1 amide bonds. The maximum absolute atomic E-state index is 11.7. The molecule has 1 heterocycles. The van der Waals surface area contributed by atoms with Crippen LogP contribution in [-0.2, 0) is 4.79 Å². The summed E-state index contributed by atoms with van der Waals surface area (Å²) in [7, 11) is 0. The van der Waals surface area contributed by atoms with Crippen molar-refractivity contribution >= 4 is 33.2 Å². The van der Waals surface area contributed by atoms with E-state index >= 15 is 0 Å². The van der Waals surface area contributed by atoms with E-state index < -0.39 is 0 Å². The second-order valence-corrected chi connectivity index (χ2v) is 5.68. The van der Waals surface area contributed by atoms with Gasteiger partial charge in [0, 0.05) is 15.6 Å². The fourth-order valence-corrected chi connectivity index (χ4v) is 2.57. The topological polar surface area (TPSA) is 41.5 Å². The lowest BCUT2D eigenvalue weighted by Crippen LogP contribution is -2.13. The van der Waals surface area contributed by atoms with Crippen LogP contribution < -0.4 is 5.32 Å². The number of aliphatic imine (C=N–C) groups is 1. The first kappa shape index (κ1) is 13.1. The maximum Gasteiger partial charge on any atom is 0.246 e. The van der Waals surface area contributed by atoms with Gasteiger partial charge in [-0.25, -0.2) is 0 Å². The molecule has 0 atom stereocenters. The Balaban J connectivity index is 2.17. The maximum atomic E-state index is 11.7. The predicted molar refractivity (Wildman–Crippen MR) is 84.5 cm³/mol. The van der Waals surface area contributed by atoms with Gasteiger partial charge in [0.25, 0.3) is 0 Å². The molecule has 0 aromatic heterocycles. The van der Waals surface area contributed by atoms with Gasteiger partial charge in [-0.05, 0) is 25.1 Å². The van der Waals surface area contributed by atoms with Crippen LogP contribution in [0.2, 0.25) is 0 Å². The Bertz CT molecular complexity index is 705. The van der Waals surface area contributed by atoms with Crippen LogP contribution in [0.5, 0.6) is 0 Å². The smallest absolute Gasteiger partial charge is 0.246 e. The number of benzene rings is 2. The van der Waals surface area contributed by atoms with Crippen molar-refractivity contribution in [2.24, 2.45) is 4.99 Å². The van der Waals surface area contributed by atoms with Crippen LogP contribution in [0.15, 0.2) is 51.9 Å². The number of aryl methyl sites for hydroxylation is 1. The Morgan fingerprint density at radius 2 is 1.90 bits per heavy atom. The highest BCUT2D eigenvalue weighted by Gasteiger charge is 2.17. The van der Waals surface area contributed by atoms with Gasteiger partial charge in [0.05, 0.1) is 11.4 Å². The highest BCUT2D eigenvalue weighted by Crippen LogP contribution is 2.26. The van der Waals surface area contributed by atoms with E-state index in [9.17, 15) is 4.79 Å². The Labute approximate surface area is 125 Å². The highest BCUT2D eigenvalue weighted by molar-refractivity contribution is 9.10. The lowest BCUT2D eigenvalue weighted by molar-refractivity contribution is -0.114. The van der Waals surface area contributed by atoms with Crippen molar-refractivity contribution in [3.8, 4) is 0 Å². The molecule has 0 bridgehead atoms. The molecule has 3 nitrogen and oxygen atoms in total. The van der Waals surface area contributed by atoms with Gasteiger partial charge in [0.1, 0.15) is 6.54 Å². The van der Waals surface area contributed by atoms with Gasteiger partial charge >= 0.3 is 0 Å². The number of carbonyl (C=O) groups is 1. The van der Waals surface area contributed by atoms with Gasteiger partial charge in [-0.2, -0.15) is 0 Å². The summed E-state index contributed by atoms with van der Waals surface area (Å²) in [6, 6.07) is 14.0. The number of halogens is 1. The number of hydrogen-bond acceptors (Lipinski definition) is 2. The van der Waals surface area contributed by atoms with E-state index in [2.05, 4.69) is 38.4 Å². The molecule has 1 N–H and O–H groups in total. The standard InChI is InChI=1S/C16H13BrN2O/c1-10-2-4-11(5-3-10)16-13-8-12(17)6-7-14(13)19-15(20)9-18-16/h2-8H,9H2,1H3,(H,19,20). The average Bonchev–Trinajstić information content (AvgIpc) is 2.58. The average molecular weight is 329 g/mol. The van der Waals surface area contributed by atoms with Crippen molar-refractivity contribution in [3.05, 3.63) is 63.6 Å². The van der Waals surface area contributed by atoms with Crippen molar-refractivity contribution in [3.63, 3.8) is 0 Å². The molecule has 0 unspecified atom stereocenters. The van der Waals surface area contributed by atoms with Gasteiger partial charge in [-0.15, -0.1) is 0 Å². The van der Waals surface area contributed by atoms with E-state index in [-0.39, 0.29) is 12.5 Å². The zero-order valence-corrected chi connectivity index (χ0v) is 12.6. The molecule has 0 radical (unpaired) electrons. The monoisotopic (exact) mass is 328 g/mol. The van der Waals surface area contributed by atoms with Gasteiger partial charge in [-0.1, -0.05) is 45.8 Å². The summed E-state index contributed by atoms with van der Waals surface area (Å²) in [5.74, 6) is -0.0873. The SMILES string of the molecule is Cc1ccc(C2=NCC(=O)Nc3ccc(Br)cc32)cc1.